The Balaban J connectivity index is 1.39. The lowest BCUT2D eigenvalue weighted by atomic mass is 9.97. The second-order valence-corrected chi connectivity index (χ2v) is 7.77. The van der Waals surface area contributed by atoms with Gasteiger partial charge in [-0.1, -0.05) is 12.1 Å². The van der Waals surface area contributed by atoms with Gasteiger partial charge in [0.05, 0.1) is 12.2 Å². The zero-order valence-corrected chi connectivity index (χ0v) is 17.7. The summed E-state index contributed by atoms with van der Waals surface area (Å²) >= 11 is 0. The average molecular weight is 409 g/mol. The van der Waals surface area contributed by atoms with Crippen LogP contribution in [0.5, 0.6) is 0 Å². The summed E-state index contributed by atoms with van der Waals surface area (Å²) < 4.78 is 12.9. The van der Waals surface area contributed by atoms with Crippen LogP contribution in [0, 0.1) is 13.8 Å². The summed E-state index contributed by atoms with van der Waals surface area (Å²) in [5.41, 5.74) is 3.85. The molecule has 1 fully saturated rings. The molecule has 0 spiro atoms. The van der Waals surface area contributed by atoms with E-state index < -0.39 is 0 Å². The van der Waals surface area contributed by atoms with E-state index in [1.54, 1.807) is 13.0 Å². The van der Waals surface area contributed by atoms with Crippen LogP contribution >= 0.6 is 0 Å². The number of hydrogen-bond donors (Lipinski definition) is 0. The molecule has 0 atom stereocenters. The zero-order chi connectivity index (χ0) is 21.3. The third-order valence-corrected chi connectivity index (χ3v) is 5.87. The Morgan fingerprint density at radius 2 is 1.93 bits per heavy atom. The normalized spacial score (nSPS) is 15.0. The third kappa shape index (κ3) is 3.84. The first kappa shape index (κ1) is 20.2. The van der Waals surface area contributed by atoms with Gasteiger partial charge in [0.15, 0.2) is 11.5 Å². The molecule has 158 valence electrons. The highest BCUT2D eigenvalue weighted by Gasteiger charge is 2.28. The molecule has 1 amide bonds. The van der Waals surface area contributed by atoms with Gasteiger partial charge in [-0.2, -0.15) is 0 Å². The van der Waals surface area contributed by atoms with Crippen molar-refractivity contribution in [1.29, 1.82) is 0 Å². The van der Waals surface area contributed by atoms with Crippen molar-refractivity contribution in [2.24, 2.45) is 0 Å². The van der Waals surface area contributed by atoms with E-state index in [0.29, 0.717) is 25.3 Å². The highest BCUT2D eigenvalue weighted by molar-refractivity contribution is 5.91. The maximum absolute atomic E-state index is 12.9. The zero-order valence-electron chi connectivity index (χ0n) is 17.7. The molecular formula is C23H27N3O4. The number of likely N-dealkylation sites (tertiary alicyclic amines) is 1. The van der Waals surface area contributed by atoms with E-state index in [4.69, 9.17) is 9.15 Å². The fraction of sp³-hybridized carbons (Fsp3) is 0.435. The number of aromatic nitrogens is 2. The summed E-state index contributed by atoms with van der Waals surface area (Å²) in [4.78, 5) is 31.5. The molecule has 0 unspecified atom stereocenters. The predicted molar refractivity (Wildman–Crippen MR) is 112 cm³/mol. The lowest BCUT2D eigenvalue weighted by Gasteiger charge is -2.31. The van der Waals surface area contributed by atoms with E-state index in [0.717, 1.165) is 41.2 Å². The van der Waals surface area contributed by atoms with Gasteiger partial charge in [0.1, 0.15) is 12.1 Å². The lowest BCUT2D eigenvalue weighted by molar-refractivity contribution is -0.133. The van der Waals surface area contributed by atoms with E-state index >= 15 is 0 Å². The van der Waals surface area contributed by atoms with Gasteiger partial charge in [0.25, 0.3) is 0 Å². The molecule has 1 aliphatic rings. The molecule has 0 radical (unpaired) electrons. The van der Waals surface area contributed by atoms with Crippen molar-refractivity contribution in [3.63, 3.8) is 0 Å². The molecule has 4 rings (SSSR count). The van der Waals surface area contributed by atoms with Crippen LogP contribution < -0.4 is 0 Å². The Morgan fingerprint density at radius 3 is 2.63 bits per heavy atom. The maximum atomic E-state index is 12.9. The number of rotatable bonds is 5. The van der Waals surface area contributed by atoms with Crippen LogP contribution in [0.25, 0.3) is 11.1 Å². The highest BCUT2D eigenvalue weighted by atomic mass is 16.5. The van der Waals surface area contributed by atoms with Crippen LogP contribution in [-0.2, 0) is 16.1 Å². The summed E-state index contributed by atoms with van der Waals surface area (Å²) in [7, 11) is 0. The van der Waals surface area contributed by atoms with E-state index in [9.17, 15) is 9.59 Å². The molecule has 1 saturated heterocycles. The van der Waals surface area contributed by atoms with Gasteiger partial charge in [-0.05, 0) is 51.8 Å². The number of hydrogen-bond acceptors (Lipinski definition) is 5. The summed E-state index contributed by atoms with van der Waals surface area (Å²) in [6, 6.07) is 9.57. The number of aryl methyl sites for hydroxylation is 1. The van der Waals surface area contributed by atoms with Gasteiger partial charge in [-0.15, -0.1) is 0 Å². The lowest BCUT2D eigenvalue weighted by Crippen LogP contribution is -2.40. The van der Waals surface area contributed by atoms with Crippen LogP contribution in [0.3, 0.4) is 0 Å². The molecule has 2 aromatic heterocycles. The Hall–Kier alpha value is -3.09. The van der Waals surface area contributed by atoms with Crippen LogP contribution in [0.1, 0.15) is 53.3 Å². The molecule has 7 nitrogen and oxygen atoms in total. The van der Waals surface area contributed by atoms with Crippen molar-refractivity contribution in [2.45, 2.75) is 46.1 Å². The Morgan fingerprint density at radius 1 is 1.20 bits per heavy atom. The summed E-state index contributed by atoms with van der Waals surface area (Å²) in [6.45, 7) is 7.44. The van der Waals surface area contributed by atoms with Crippen LogP contribution in [0.15, 0.2) is 34.7 Å². The van der Waals surface area contributed by atoms with E-state index in [-0.39, 0.29) is 24.3 Å². The Bertz CT molecular complexity index is 1040. The van der Waals surface area contributed by atoms with Crippen molar-refractivity contribution in [1.82, 2.24) is 14.5 Å². The number of oxazole rings is 1. The topological polar surface area (TPSA) is 77.6 Å². The second-order valence-electron chi connectivity index (χ2n) is 7.77. The number of nitrogens with zero attached hydrogens (tertiary/aromatic N) is 3. The first-order valence-corrected chi connectivity index (χ1v) is 10.4. The van der Waals surface area contributed by atoms with E-state index in [1.165, 1.54) is 0 Å². The third-order valence-electron chi connectivity index (χ3n) is 5.87. The fourth-order valence-electron chi connectivity index (χ4n) is 4.14. The number of carbonyl (C=O) groups is 2. The number of benzene rings is 1. The van der Waals surface area contributed by atoms with Gasteiger partial charge in [0, 0.05) is 30.4 Å². The molecule has 0 aliphatic carbocycles. The molecule has 1 aromatic carbocycles. The Labute approximate surface area is 175 Å². The number of fused-ring (bicyclic) bond motifs is 1. The minimum Gasteiger partial charge on any atom is -0.462 e. The van der Waals surface area contributed by atoms with Gasteiger partial charge < -0.3 is 18.6 Å². The fourth-order valence-corrected chi connectivity index (χ4v) is 4.14. The maximum Gasteiger partial charge on any atom is 0.339 e. The average Bonchev–Trinajstić information content (AvgIpc) is 3.30. The molecular weight excluding hydrogens is 382 g/mol. The van der Waals surface area contributed by atoms with Crippen LogP contribution in [-0.4, -0.2) is 46.0 Å². The number of para-hydroxylation sites is 2. The summed E-state index contributed by atoms with van der Waals surface area (Å²) in [5, 5.41) is 0. The minimum absolute atomic E-state index is 0.0585. The van der Waals surface area contributed by atoms with Crippen molar-refractivity contribution < 1.29 is 18.7 Å². The first-order valence-electron chi connectivity index (χ1n) is 10.4. The molecule has 7 heteroatoms. The van der Waals surface area contributed by atoms with E-state index in [1.807, 2.05) is 47.6 Å². The van der Waals surface area contributed by atoms with Crippen molar-refractivity contribution in [2.75, 3.05) is 19.7 Å². The molecule has 30 heavy (non-hydrogen) atoms. The molecule has 0 N–H and O–H groups in total. The second kappa shape index (κ2) is 8.34. The predicted octanol–water partition coefficient (Wildman–Crippen LogP) is 3.83. The monoisotopic (exact) mass is 409 g/mol. The quantitative estimate of drug-likeness (QED) is 0.599. The summed E-state index contributed by atoms with van der Waals surface area (Å²) in [5.74, 6) is 0.707. The Kier molecular flexibility index (Phi) is 5.61. The number of esters is 1. The van der Waals surface area contributed by atoms with Gasteiger partial charge >= 0.3 is 5.97 Å². The van der Waals surface area contributed by atoms with Crippen molar-refractivity contribution >= 4 is 23.0 Å². The van der Waals surface area contributed by atoms with Crippen LogP contribution in [0.4, 0.5) is 0 Å². The smallest absolute Gasteiger partial charge is 0.339 e. The number of ether oxygens (including phenoxy) is 1. The van der Waals surface area contributed by atoms with Gasteiger partial charge in [0.2, 0.25) is 5.91 Å². The number of piperidine rings is 1. The van der Waals surface area contributed by atoms with E-state index in [2.05, 4.69) is 4.98 Å². The van der Waals surface area contributed by atoms with Crippen molar-refractivity contribution in [3.05, 3.63) is 53.2 Å². The minimum atomic E-state index is -0.344. The molecule has 1 aliphatic heterocycles. The summed E-state index contributed by atoms with van der Waals surface area (Å²) in [6.07, 6.45) is 1.66. The number of amides is 1. The largest absolute Gasteiger partial charge is 0.462 e. The number of carbonyl (C=O) groups excluding carboxylic acids is 2. The molecule has 3 aromatic rings. The van der Waals surface area contributed by atoms with Gasteiger partial charge in [-0.3, -0.25) is 4.79 Å². The first-order chi connectivity index (χ1) is 14.5. The van der Waals surface area contributed by atoms with Gasteiger partial charge in [-0.25, -0.2) is 9.78 Å². The SMILES string of the molecule is CCOC(=O)c1cc(C)n(CC(=O)N2CCC(c3nc4ccccc4o3)CC2)c1C. The molecule has 3 heterocycles. The molecule has 0 bridgehead atoms. The standard InChI is InChI=1S/C23H27N3O4/c1-4-29-23(28)18-13-15(2)26(16(18)3)14-21(27)25-11-9-17(10-12-25)22-24-19-7-5-6-8-20(19)30-22/h5-8,13,17H,4,9-12,14H2,1-3H3. The van der Waals surface area contributed by atoms with Crippen LogP contribution in [0.2, 0.25) is 0 Å². The van der Waals surface area contributed by atoms with Crippen molar-refractivity contribution in [3.8, 4) is 0 Å². The highest BCUT2D eigenvalue weighted by Crippen LogP contribution is 2.30. The molecule has 0 saturated carbocycles.